The molecular formula is C16H19ClN2O. The lowest BCUT2D eigenvalue weighted by Crippen LogP contribution is -2.09. The summed E-state index contributed by atoms with van der Waals surface area (Å²) in [5, 5.41) is 15.3. The minimum Gasteiger partial charge on any atom is -0.383 e. The summed E-state index contributed by atoms with van der Waals surface area (Å²) in [6.45, 7) is 1.87. The molecule has 1 heterocycles. The van der Waals surface area contributed by atoms with Crippen molar-refractivity contribution in [2.45, 2.75) is 38.2 Å². The van der Waals surface area contributed by atoms with Crippen LogP contribution in [0.15, 0.2) is 24.3 Å². The standard InChI is InChI=1S/C16H19ClN2O/c1-10-14(16(17)19(2)18-10)15(20)13-8-6-12(7-9-13)11-4-3-5-11/h6-9,11,15,20H,3-5H2,1-2H3. The van der Waals surface area contributed by atoms with Crippen molar-refractivity contribution in [1.82, 2.24) is 9.78 Å². The first kappa shape index (κ1) is 13.7. The molecule has 106 valence electrons. The molecule has 0 bridgehead atoms. The predicted octanol–water partition coefficient (Wildman–Crippen LogP) is 3.73. The number of rotatable bonds is 3. The number of aliphatic hydroxyl groups excluding tert-OH is 1. The van der Waals surface area contributed by atoms with Gasteiger partial charge in [0.2, 0.25) is 0 Å². The highest BCUT2D eigenvalue weighted by Gasteiger charge is 2.22. The van der Waals surface area contributed by atoms with E-state index in [1.807, 2.05) is 19.1 Å². The molecule has 0 saturated heterocycles. The van der Waals surface area contributed by atoms with Crippen LogP contribution in [0.4, 0.5) is 0 Å². The Balaban J connectivity index is 1.88. The molecule has 1 aromatic carbocycles. The summed E-state index contributed by atoms with van der Waals surface area (Å²) in [6, 6.07) is 8.26. The Kier molecular flexibility index (Phi) is 3.57. The van der Waals surface area contributed by atoms with Gasteiger partial charge >= 0.3 is 0 Å². The fraction of sp³-hybridized carbons (Fsp3) is 0.438. The number of aromatic nitrogens is 2. The molecule has 1 unspecified atom stereocenters. The van der Waals surface area contributed by atoms with Crippen molar-refractivity contribution in [1.29, 1.82) is 0 Å². The van der Waals surface area contributed by atoms with Gasteiger partial charge in [0.25, 0.3) is 0 Å². The van der Waals surface area contributed by atoms with Crippen LogP contribution in [0.25, 0.3) is 0 Å². The molecule has 1 saturated carbocycles. The Morgan fingerprint density at radius 3 is 2.40 bits per heavy atom. The van der Waals surface area contributed by atoms with E-state index in [1.54, 1.807) is 11.7 Å². The van der Waals surface area contributed by atoms with Crippen LogP contribution in [0, 0.1) is 6.92 Å². The smallest absolute Gasteiger partial charge is 0.133 e. The van der Waals surface area contributed by atoms with E-state index in [1.165, 1.54) is 24.8 Å². The number of aryl methyl sites for hydroxylation is 2. The van der Waals surface area contributed by atoms with Gasteiger partial charge in [-0.15, -0.1) is 0 Å². The number of aliphatic hydroxyl groups is 1. The second kappa shape index (κ2) is 5.23. The Hall–Kier alpha value is -1.32. The van der Waals surface area contributed by atoms with Crippen molar-refractivity contribution in [3.05, 3.63) is 51.8 Å². The molecule has 1 atom stereocenters. The number of hydrogen-bond donors (Lipinski definition) is 1. The molecule has 1 aliphatic carbocycles. The van der Waals surface area contributed by atoms with Gasteiger partial charge in [0, 0.05) is 12.6 Å². The highest BCUT2D eigenvalue weighted by molar-refractivity contribution is 6.30. The Bertz CT molecular complexity index is 614. The molecule has 0 amide bonds. The maximum absolute atomic E-state index is 10.5. The average molecular weight is 291 g/mol. The van der Waals surface area contributed by atoms with E-state index in [0.29, 0.717) is 16.6 Å². The lowest BCUT2D eigenvalue weighted by Gasteiger charge is -2.26. The molecule has 1 N–H and O–H groups in total. The van der Waals surface area contributed by atoms with Crippen LogP contribution in [-0.4, -0.2) is 14.9 Å². The van der Waals surface area contributed by atoms with Gasteiger partial charge in [0.1, 0.15) is 11.3 Å². The molecular weight excluding hydrogens is 272 g/mol. The third kappa shape index (κ3) is 2.25. The molecule has 20 heavy (non-hydrogen) atoms. The average Bonchev–Trinajstić information content (AvgIpc) is 2.61. The molecule has 0 radical (unpaired) electrons. The minimum atomic E-state index is -0.716. The number of benzene rings is 1. The van der Waals surface area contributed by atoms with Crippen molar-refractivity contribution < 1.29 is 5.11 Å². The van der Waals surface area contributed by atoms with Gasteiger partial charge in [-0.05, 0) is 36.8 Å². The van der Waals surface area contributed by atoms with E-state index in [-0.39, 0.29) is 0 Å². The quantitative estimate of drug-likeness (QED) is 0.935. The summed E-state index contributed by atoms with van der Waals surface area (Å²) in [6.07, 6.45) is 3.19. The largest absolute Gasteiger partial charge is 0.383 e. The highest BCUT2D eigenvalue weighted by atomic mass is 35.5. The molecule has 3 nitrogen and oxygen atoms in total. The van der Waals surface area contributed by atoms with E-state index in [4.69, 9.17) is 11.6 Å². The Labute approximate surface area is 124 Å². The second-order valence-electron chi connectivity index (χ2n) is 5.61. The molecule has 3 rings (SSSR count). The van der Waals surface area contributed by atoms with Gasteiger partial charge in [-0.1, -0.05) is 42.3 Å². The molecule has 0 spiro atoms. The van der Waals surface area contributed by atoms with E-state index < -0.39 is 6.10 Å². The van der Waals surface area contributed by atoms with Crippen LogP contribution in [0.5, 0.6) is 0 Å². The first-order valence-electron chi connectivity index (χ1n) is 7.05. The Morgan fingerprint density at radius 1 is 1.30 bits per heavy atom. The summed E-state index contributed by atoms with van der Waals surface area (Å²) in [7, 11) is 1.78. The van der Waals surface area contributed by atoms with Crippen LogP contribution in [0.2, 0.25) is 5.15 Å². The third-order valence-electron chi connectivity index (χ3n) is 4.30. The van der Waals surface area contributed by atoms with Crippen molar-refractivity contribution in [3.8, 4) is 0 Å². The molecule has 1 aliphatic rings. The summed E-state index contributed by atoms with van der Waals surface area (Å²) >= 11 is 6.21. The van der Waals surface area contributed by atoms with Crippen LogP contribution in [-0.2, 0) is 7.05 Å². The van der Waals surface area contributed by atoms with Crippen LogP contribution in [0.3, 0.4) is 0 Å². The van der Waals surface area contributed by atoms with Crippen molar-refractivity contribution in [2.75, 3.05) is 0 Å². The fourth-order valence-corrected chi connectivity index (χ4v) is 3.09. The van der Waals surface area contributed by atoms with Crippen molar-refractivity contribution in [2.24, 2.45) is 7.05 Å². The maximum Gasteiger partial charge on any atom is 0.133 e. The zero-order chi connectivity index (χ0) is 14.3. The van der Waals surface area contributed by atoms with Crippen molar-refractivity contribution in [3.63, 3.8) is 0 Å². The van der Waals surface area contributed by atoms with Gasteiger partial charge in [0.15, 0.2) is 0 Å². The van der Waals surface area contributed by atoms with E-state index in [0.717, 1.165) is 11.3 Å². The van der Waals surface area contributed by atoms with Crippen molar-refractivity contribution >= 4 is 11.6 Å². The van der Waals surface area contributed by atoms with Gasteiger partial charge in [-0.25, -0.2) is 0 Å². The van der Waals surface area contributed by atoms with Gasteiger partial charge < -0.3 is 5.11 Å². The van der Waals surface area contributed by atoms with Gasteiger partial charge in [-0.3, -0.25) is 4.68 Å². The van der Waals surface area contributed by atoms with Crippen LogP contribution < -0.4 is 0 Å². The number of nitrogens with zero attached hydrogens (tertiary/aromatic N) is 2. The van der Waals surface area contributed by atoms with Gasteiger partial charge in [-0.2, -0.15) is 5.10 Å². The highest BCUT2D eigenvalue weighted by Crippen LogP contribution is 2.37. The molecule has 1 fully saturated rings. The monoisotopic (exact) mass is 290 g/mol. The van der Waals surface area contributed by atoms with Gasteiger partial charge in [0.05, 0.1) is 5.69 Å². The SMILES string of the molecule is Cc1nn(C)c(Cl)c1C(O)c1ccc(C2CCC2)cc1. The molecule has 4 heteroatoms. The normalized spacial score (nSPS) is 17.0. The summed E-state index contributed by atoms with van der Waals surface area (Å²) in [5.41, 5.74) is 3.71. The minimum absolute atomic E-state index is 0.498. The maximum atomic E-state index is 10.5. The summed E-state index contributed by atoms with van der Waals surface area (Å²) in [4.78, 5) is 0. The summed E-state index contributed by atoms with van der Waals surface area (Å²) < 4.78 is 1.60. The molecule has 1 aromatic heterocycles. The lowest BCUT2D eigenvalue weighted by atomic mass is 9.80. The lowest BCUT2D eigenvalue weighted by molar-refractivity contribution is 0.219. The van der Waals surface area contributed by atoms with Crippen LogP contribution in [0.1, 0.15) is 53.7 Å². The zero-order valence-electron chi connectivity index (χ0n) is 11.8. The second-order valence-corrected chi connectivity index (χ2v) is 5.97. The predicted molar refractivity (Wildman–Crippen MR) is 80.1 cm³/mol. The number of halogens is 1. The van der Waals surface area contributed by atoms with E-state index in [2.05, 4.69) is 17.2 Å². The summed E-state index contributed by atoms with van der Waals surface area (Å²) in [5.74, 6) is 0.713. The fourth-order valence-electron chi connectivity index (χ4n) is 2.82. The number of hydrogen-bond acceptors (Lipinski definition) is 2. The Morgan fingerprint density at radius 2 is 1.95 bits per heavy atom. The molecule has 0 aliphatic heterocycles. The van der Waals surface area contributed by atoms with Crippen LogP contribution >= 0.6 is 11.6 Å². The molecule has 2 aromatic rings. The first-order chi connectivity index (χ1) is 9.58. The van der Waals surface area contributed by atoms with E-state index in [9.17, 15) is 5.11 Å². The first-order valence-corrected chi connectivity index (χ1v) is 7.42. The topological polar surface area (TPSA) is 38.0 Å². The zero-order valence-corrected chi connectivity index (χ0v) is 12.6. The third-order valence-corrected chi connectivity index (χ3v) is 4.75. The van der Waals surface area contributed by atoms with E-state index >= 15 is 0 Å².